The lowest BCUT2D eigenvalue weighted by atomic mass is 10.0. The van der Waals surface area contributed by atoms with Gasteiger partial charge in [-0.1, -0.05) is 30.3 Å². The summed E-state index contributed by atoms with van der Waals surface area (Å²) in [6, 6.07) is 13.4. The quantitative estimate of drug-likeness (QED) is 0.866. The van der Waals surface area contributed by atoms with Gasteiger partial charge in [0.15, 0.2) is 0 Å². The molecule has 0 unspecified atom stereocenters. The molecule has 1 N–H and O–H groups in total. The van der Waals surface area contributed by atoms with Gasteiger partial charge < -0.3 is 10.1 Å². The first kappa shape index (κ1) is 10.6. The highest BCUT2D eigenvalue weighted by Crippen LogP contribution is 2.29. The van der Waals surface area contributed by atoms with Gasteiger partial charge in [-0.25, -0.2) is 0 Å². The largest absolute Gasteiger partial charge is 0.496 e. The molecule has 2 aromatic carbocycles. The molecule has 17 heavy (non-hydrogen) atoms. The van der Waals surface area contributed by atoms with Crippen molar-refractivity contribution in [3.8, 4) is 5.75 Å². The number of nitrogens with one attached hydrogen (secondary N) is 1. The first-order chi connectivity index (χ1) is 8.38. The highest BCUT2D eigenvalue weighted by Gasteiger charge is 2.21. The molecule has 2 heteroatoms. The van der Waals surface area contributed by atoms with Crippen molar-refractivity contribution < 1.29 is 4.74 Å². The summed E-state index contributed by atoms with van der Waals surface area (Å²) >= 11 is 0. The molecule has 0 amide bonds. The van der Waals surface area contributed by atoms with Crippen LogP contribution in [0.3, 0.4) is 0 Å². The van der Waals surface area contributed by atoms with Gasteiger partial charge in [0.1, 0.15) is 5.75 Å². The Bertz CT molecular complexity index is 531. The molecule has 0 radical (unpaired) electrons. The molecular formula is C15H17NO. The van der Waals surface area contributed by atoms with Gasteiger partial charge in [0.2, 0.25) is 0 Å². The normalized spacial score (nSPS) is 15.1. The molecular weight excluding hydrogens is 210 g/mol. The molecule has 1 saturated carbocycles. The summed E-state index contributed by atoms with van der Waals surface area (Å²) in [6.45, 7) is 0.898. The van der Waals surface area contributed by atoms with E-state index >= 15 is 0 Å². The number of rotatable bonds is 4. The summed E-state index contributed by atoms with van der Waals surface area (Å²) in [4.78, 5) is 0. The summed E-state index contributed by atoms with van der Waals surface area (Å²) in [7, 11) is 1.74. The zero-order valence-electron chi connectivity index (χ0n) is 10.1. The second kappa shape index (κ2) is 4.38. The van der Waals surface area contributed by atoms with Crippen molar-refractivity contribution in [2.24, 2.45) is 0 Å². The van der Waals surface area contributed by atoms with E-state index in [4.69, 9.17) is 4.74 Å². The predicted molar refractivity (Wildman–Crippen MR) is 70.4 cm³/mol. The van der Waals surface area contributed by atoms with E-state index in [0.717, 1.165) is 18.3 Å². The molecule has 0 spiro atoms. The fourth-order valence-electron chi connectivity index (χ4n) is 2.22. The minimum Gasteiger partial charge on any atom is -0.496 e. The van der Waals surface area contributed by atoms with Crippen LogP contribution in [0.5, 0.6) is 5.75 Å². The molecule has 0 atom stereocenters. The van der Waals surface area contributed by atoms with E-state index in [-0.39, 0.29) is 0 Å². The molecule has 2 nitrogen and oxygen atoms in total. The van der Waals surface area contributed by atoms with E-state index in [1.54, 1.807) is 7.11 Å². The second-order valence-corrected chi connectivity index (χ2v) is 4.62. The summed E-state index contributed by atoms with van der Waals surface area (Å²) in [5, 5.41) is 6.13. The van der Waals surface area contributed by atoms with Crippen LogP contribution in [0.4, 0.5) is 0 Å². The van der Waals surface area contributed by atoms with Crippen molar-refractivity contribution in [3.63, 3.8) is 0 Å². The van der Waals surface area contributed by atoms with Gasteiger partial charge in [0, 0.05) is 18.2 Å². The van der Waals surface area contributed by atoms with E-state index in [1.807, 2.05) is 0 Å². The average Bonchev–Trinajstić information content (AvgIpc) is 3.19. The van der Waals surface area contributed by atoms with Crippen molar-refractivity contribution in [2.75, 3.05) is 7.11 Å². The summed E-state index contributed by atoms with van der Waals surface area (Å²) < 4.78 is 5.47. The number of ether oxygens (including phenoxy) is 1. The van der Waals surface area contributed by atoms with Crippen molar-refractivity contribution in [2.45, 2.75) is 25.4 Å². The average molecular weight is 227 g/mol. The zero-order valence-corrected chi connectivity index (χ0v) is 10.1. The van der Waals surface area contributed by atoms with Crippen LogP contribution in [0.25, 0.3) is 10.8 Å². The van der Waals surface area contributed by atoms with Gasteiger partial charge >= 0.3 is 0 Å². The molecule has 1 aliphatic rings. The van der Waals surface area contributed by atoms with E-state index in [2.05, 4.69) is 41.7 Å². The third-order valence-electron chi connectivity index (χ3n) is 3.36. The Morgan fingerprint density at radius 1 is 1.18 bits per heavy atom. The minimum atomic E-state index is 0.721. The van der Waals surface area contributed by atoms with Crippen LogP contribution in [-0.4, -0.2) is 13.2 Å². The standard InChI is InChI=1S/C15H17NO/c1-17-15-9-6-11-4-2-3-5-13(11)14(15)10-16-12-7-8-12/h2-6,9,12,16H,7-8,10H2,1H3. The molecule has 88 valence electrons. The fourth-order valence-corrected chi connectivity index (χ4v) is 2.22. The topological polar surface area (TPSA) is 21.3 Å². The molecule has 3 rings (SSSR count). The van der Waals surface area contributed by atoms with Crippen LogP contribution >= 0.6 is 0 Å². The van der Waals surface area contributed by atoms with E-state index in [1.165, 1.54) is 29.2 Å². The van der Waals surface area contributed by atoms with Gasteiger partial charge in [-0.05, 0) is 29.7 Å². The van der Waals surface area contributed by atoms with Crippen LogP contribution in [0.1, 0.15) is 18.4 Å². The summed E-state index contributed by atoms with van der Waals surface area (Å²) in [6.07, 6.45) is 2.63. The summed E-state index contributed by atoms with van der Waals surface area (Å²) in [5.41, 5.74) is 1.28. The van der Waals surface area contributed by atoms with Crippen molar-refractivity contribution in [1.29, 1.82) is 0 Å². The minimum absolute atomic E-state index is 0.721. The number of methoxy groups -OCH3 is 1. The molecule has 0 saturated heterocycles. The Kier molecular flexibility index (Phi) is 2.73. The molecule has 0 aromatic heterocycles. The lowest BCUT2D eigenvalue weighted by molar-refractivity contribution is 0.408. The number of fused-ring (bicyclic) bond motifs is 1. The van der Waals surface area contributed by atoms with Crippen molar-refractivity contribution >= 4 is 10.8 Å². The molecule has 1 fully saturated rings. The predicted octanol–water partition coefficient (Wildman–Crippen LogP) is 3.10. The van der Waals surface area contributed by atoms with Gasteiger partial charge in [-0.15, -0.1) is 0 Å². The van der Waals surface area contributed by atoms with Crippen LogP contribution in [-0.2, 0) is 6.54 Å². The number of hydrogen-bond donors (Lipinski definition) is 1. The van der Waals surface area contributed by atoms with E-state index < -0.39 is 0 Å². The number of hydrogen-bond acceptors (Lipinski definition) is 2. The lowest BCUT2D eigenvalue weighted by Crippen LogP contribution is -2.16. The fraction of sp³-hybridized carbons (Fsp3) is 0.333. The van der Waals surface area contributed by atoms with Gasteiger partial charge in [-0.3, -0.25) is 0 Å². The van der Waals surface area contributed by atoms with Crippen LogP contribution in [0.2, 0.25) is 0 Å². The van der Waals surface area contributed by atoms with Crippen molar-refractivity contribution in [1.82, 2.24) is 5.32 Å². The SMILES string of the molecule is COc1ccc2ccccc2c1CNC1CC1. The van der Waals surface area contributed by atoms with Gasteiger partial charge in [-0.2, -0.15) is 0 Å². The smallest absolute Gasteiger partial charge is 0.123 e. The third-order valence-corrected chi connectivity index (χ3v) is 3.36. The zero-order chi connectivity index (χ0) is 11.7. The highest BCUT2D eigenvalue weighted by molar-refractivity contribution is 5.87. The lowest BCUT2D eigenvalue weighted by Gasteiger charge is -2.12. The maximum absolute atomic E-state index is 5.47. The van der Waals surface area contributed by atoms with E-state index in [0.29, 0.717) is 0 Å². The first-order valence-electron chi connectivity index (χ1n) is 6.16. The van der Waals surface area contributed by atoms with Crippen LogP contribution in [0.15, 0.2) is 36.4 Å². The first-order valence-corrected chi connectivity index (χ1v) is 6.16. The molecule has 2 aromatic rings. The molecule has 0 aliphatic heterocycles. The number of benzene rings is 2. The molecule has 0 heterocycles. The van der Waals surface area contributed by atoms with Gasteiger partial charge in [0.25, 0.3) is 0 Å². The van der Waals surface area contributed by atoms with Crippen LogP contribution < -0.4 is 10.1 Å². The third kappa shape index (κ3) is 2.13. The molecule has 0 bridgehead atoms. The maximum Gasteiger partial charge on any atom is 0.123 e. The molecule has 1 aliphatic carbocycles. The van der Waals surface area contributed by atoms with Gasteiger partial charge in [0.05, 0.1) is 7.11 Å². The summed E-state index contributed by atoms with van der Waals surface area (Å²) in [5.74, 6) is 0.983. The van der Waals surface area contributed by atoms with Crippen LogP contribution in [0, 0.1) is 0 Å². The second-order valence-electron chi connectivity index (χ2n) is 4.62. The highest BCUT2D eigenvalue weighted by atomic mass is 16.5. The Morgan fingerprint density at radius 2 is 2.00 bits per heavy atom. The van der Waals surface area contributed by atoms with Crippen molar-refractivity contribution in [3.05, 3.63) is 42.0 Å². The van der Waals surface area contributed by atoms with E-state index in [9.17, 15) is 0 Å². The maximum atomic E-state index is 5.47. The Labute approximate surface area is 102 Å². The monoisotopic (exact) mass is 227 g/mol. The Morgan fingerprint density at radius 3 is 2.76 bits per heavy atom. The Balaban J connectivity index is 2.02. The Hall–Kier alpha value is -1.54.